The molecule has 0 spiro atoms. The van der Waals surface area contributed by atoms with Crippen LogP contribution in [0.1, 0.15) is 34.1 Å². The zero-order valence-electron chi connectivity index (χ0n) is 19.6. The lowest BCUT2D eigenvalue weighted by atomic mass is 10.0. The van der Waals surface area contributed by atoms with Crippen LogP contribution in [0.5, 0.6) is 0 Å². The summed E-state index contributed by atoms with van der Waals surface area (Å²) in [5.41, 5.74) is -2.04. The van der Waals surface area contributed by atoms with Gasteiger partial charge in [0.15, 0.2) is 0 Å². The molecule has 37 heavy (non-hydrogen) atoms. The summed E-state index contributed by atoms with van der Waals surface area (Å²) in [6.07, 6.45) is -3.44. The van der Waals surface area contributed by atoms with Crippen molar-refractivity contribution in [3.05, 3.63) is 93.3 Å². The first-order valence-corrected chi connectivity index (χ1v) is 12.7. The lowest BCUT2D eigenvalue weighted by Gasteiger charge is -2.14. The van der Waals surface area contributed by atoms with Gasteiger partial charge in [-0.05, 0) is 49.7 Å². The number of sulfonamides is 1. The molecule has 2 N–H and O–H groups in total. The Morgan fingerprint density at radius 2 is 1.84 bits per heavy atom. The highest BCUT2D eigenvalue weighted by molar-refractivity contribution is 7.90. The fourth-order valence-electron chi connectivity index (χ4n) is 4.08. The third kappa shape index (κ3) is 5.01. The smallest absolute Gasteiger partial charge is 0.331 e. The van der Waals surface area contributed by atoms with E-state index in [0.717, 1.165) is 18.2 Å². The van der Waals surface area contributed by atoms with Crippen molar-refractivity contribution in [3.8, 4) is 11.1 Å². The number of aromatic nitrogens is 2. The van der Waals surface area contributed by atoms with Gasteiger partial charge in [-0.15, -0.1) is 0 Å². The SMILES string of the molecule is CCS(=O)(=O)NC(=O)c1c(-c2ccc[nH]c2=O)c2cc(C(F)(F)F)ccc2n1Cc1cccc(C)c1F. The van der Waals surface area contributed by atoms with Crippen LogP contribution in [0.15, 0.2) is 59.5 Å². The Balaban J connectivity index is 2.13. The van der Waals surface area contributed by atoms with E-state index in [2.05, 4.69) is 4.98 Å². The molecule has 2 heterocycles. The van der Waals surface area contributed by atoms with E-state index in [0.29, 0.717) is 5.56 Å². The topological polar surface area (TPSA) is 101 Å². The molecule has 7 nitrogen and oxygen atoms in total. The van der Waals surface area contributed by atoms with Gasteiger partial charge in [-0.2, -0.15) is 13.2 Å². The minimum atomic E-state index is -4.74. The van der Waals surface area contributed by atoms with Crippen molar-refractivity contribution in [3.63, 3.8) is 0 Å². The minimum Gasteiger partial charge on any atom is -0.331 e. The molecule has 0 unspecified atom stereocenters. The highest BCUT2D eigenvalue weighted by Crippen LogP contribution is 2.38. The fraction of sp³-hybridized carbons (Fsp3) is 0.200. The number of pyridine rings is 1. The van der Waals surface area contributed by atoms with E-state index in [-0.39, 0.29) is 34.1 Å². The summed E-state index contributed by atoms with van der Waals surface area (Å²) in [5.74, 6) is -2.22. The molecule has 0 aliphatic rings. The summed E-state index contributed by atoms with van der Waals surface area (Å²) >= 11 is 0. The minimum absolute atomic E-state index is 0.0752. The van der Waals surface area contributed by atoms with Crippen LogP contribution in [0.25, 0.3) is 22.0 Å². The van der Waals surface area contributed by atoms with Crippen molar-refractivity contribution in [2.45, 2.75) is 26.6 Å². The number of halogens is 4. The van der Waals surface area contributed by atoms with Gasteiger partial charge in [0, 0.05) is 33.8 Å². The molecule has 4 rings (SSSR count). The number of hydrogen-bond donors (Lipinski definition) is 2. The maximum Gasteiger partial charge on any atom is 0.416 e. The van der Waals surface area contributed by atoms with Gasteiger partial charge in [-0.1, -0.05) is 18.2 Å². The predicted octanol–water partition coefficient (Wildman–Crippen LogP) is 4.59. The van der Waals surface area contributed by atoms with Gasteiger partial charge in [-0.3, -0.25) is 9.59 Å². The fourth-order valence-corrected chi connectivity index (χ4v) is 4.61. The number of H-pyrrole nitrogens is 1. The van der Waals surface area contributed by atoms with Gasteiger partial charge in [0.05, 0.1) is 17.9 Å². The summed E-state index contributed by atoms with van der Waals surface area (Å²) in [5, 5.41) is -0.126. The van der Waals surface area contributed by atoms with Crippen LogP contribution in [0.4, 0.5) is 17.6 Å². The quantitative estimate of drug-likeness (QED) is 0.353. The zero-order chi connectivity index (χ0) is 27.1. The van der Waals surface area contributed by atoms with Crippen molar-refractivity contribution in [2.75, 3.05) is 5.75 Å². The number of carbonyl (C=O) groups is 1. The number of rotatable bonds is 6. The van der Waals surface area contributed by atoms with Crippen molar-refractivity contribution >= 4 is 26.8 Å². The third-order valence-electron chi connectivity index (χ3n) is 5.92. The molecule has 0 radical (unpaired) electrons. The first-order chi connectivity index (χ1) is 17.3. The van der Waals surface area contributed by atoms with Crippen LogP contribution in [0.2, 0.25) is 0 Å². The van der Waals surface area contributed by atoms with E-state index in [1.165, 1.54) is 48.9 Å². The second-order valence-corrected chi connectivity index (χ2v) is 10.3. The number of amides is 1. The lowest BCUT2D eigenvalue weighted by molar-refractivity contribution is -0.137. The molecule has 0 bridgehead atoms. The second kappa shape index (κ2) is 9.51. The summed E-state index contributed by atoms with van der Waals surface area (Å²) in [6, 6.07) is 9.95. The standard InChI is InChI=1S/C25H21F4N3O4S/c1-3-37(35,36)31-24(34)22-20(17-8-5-11-30-23(17)33)18-12-16(25(27,28)29)9-10-19(18)32(22)13-15-7-4-6-14(2)21(15)26/h4-12H,3,13H2,1-2H3,(H,30,33)(H,31,34). The Labute approximate surface area is 208 Å². The molecule has 0 saturated carbocycles. The molecule has 0 saturated heterocycles. The highest BCUT2D eigenvalue weighted by atomic mass is 32.2. The summed E-state index contributed by atoms with van der Waals surface area (Å²) < 4.78 is 83.4. The molecule has 2 aromatic heterocycles. The first kappa shape index (κ1) is 26.1. The number of fused-ring (bicyclic) bond motifs is 1. The number of carbonyl (C=O) groups excluding carboxylic acids is 1. The Morgan fingerprint density at radius 1 is 1.11 bits per heavy atom. The highest BCUT2D eigenvalue weighted by Gasteiger charge is 2.33. The molecule has 0 fully saturated rings. The average molecular weight is 536 g/mol. The molecule has 0 aliphatic carbocycles. The maximum absolute atomic E-state index is 14.9. The first-order valence-electron chi connectivity index (χ1n) is 11.0. The molecule has 194 valence electrons. The van der Waals surface area contributed by atoms with Crippen molar-refractivity contribution < 1.29 is 30.8 Å². The molecule has 0 atom stereocenters. The Bertz CT molecular complexity index is 1690. The van der Waals surface area contributed by atoms with Crippen LogP contribution in [-0.4, -0.2) is 29.6 Å². The van der Waals surface area contributed by atoms with Gasteiger partial charge in [0.2, 0.25) is 10.0 Å². The van der Waals surface area contributed by atoms with Crippen molar-refractivity contribution in [2.24, 2.45) is 0 Å². The average Bonchev–Trinajstić information content (AvgIpc) is 3.15. The summed E-state index contributed by atoms with van der Waals surface area (Å²) in [4.78, 5) is 28.5. The number of hydrogen-bond acceptors (Lipinski definition) is 4. The molecule has 12 heteroatoms. The number of nitrogens with zero attached hydrogens (tertiary/aromatic N) is 1. The Kier molecular flexibility index (Phi) is 6.72. The van der Waals surface area contributed by atoms with Crippen molar-refractivity contribution in [1.82, 2.24) is 14.3 Å². The third-order valence-corrected chi connectivity index (χ3v) is 7.18. The largest absolute Gasteiger partial charge is 0.416 e. The monoisotopic (exact) mass is 535 g/mol. The van der Waals surface area contributed by atoms with E-state index in [1.54, 1.807) is 6.07 Å². The van der Waals surface area contributed by atoms with E-state index >= 15 is 0 Å². The van der Waals surface area contributed by atoms with Gasteiger partial charge < -0.3 is 9.55 Å². The van der Waals surface area contributed by atoms with Gasteiger partial charge in [0.1, 0.15) is 11.5 Å². The van der Waals surface area contributed by atoms with Crippen molar-refractivity contribution in [1.29, 1.82) is 0 Å². The number of aryl methyl sites for hydroxylation is 1. The molecule has 0 aliphatic heterocycles. The van der Waals surface area contributed by atoms with Gasteiger partial charge >= 0.3 is 6.18 Å². The van der Waals surface area contributed by atoms with Gasteiger partial charge in [0.25, 0.3) is 11.5 Å². The summed E-state index contributed by atoms with van der Waals surface area (Å²) in [6.45, 7) is 2.50. The molecule has 4 aromatic rings. The number of nitrogens with one attached hydrogen (secondary N) is 2. The van der Waals surface area contributed by atoms with Gasteiger partial charge in [-0.25, -0.2) is 17.5 Å². The molecule has 1 amide bonds. The Hall–Kier alpha value is -3.93. The maximum atomic E-state index is 14.9. The van der Waals surface area contributed by atoms with Crippen LogP contribution >= 0.6 is 0 Å². The van der Waals surface area contributed by atoms with Crippen LogP contribution < -0.4 is 10.3 Å². The van der Waals surface area contributed by atoms with Crippen LogP contribution in [-0.2, 0) is 22.7 Å². The summed E-state index contributed by atoms with van der Waals surface area (Å²) in [7, 11) is -4.10. The lowest BCUT2D eigenvalue weighted by Crippen LogP contribution is -2.33. The second-order valence-electron chi connectivity index (χ2n) is 8.33. The van der Waals surface area contributed by atoms with E-state index < -0.39 is 50.5 Å². The zero-order valence-corrected chi connectivity index (χ0v) is 20.4. The predicted molar refractivity (Wildman–Crippen MR) is 130 cm³/mol. The molecular weight excluding hydrogens is 514 g/mol. The van der Waals surface area contributed by atoms with E-state index in [1.807, 2.05) is 4.72 Å². The Morgan fingerprint density at radius 3 is 2.49 bits per heavy atom. The normalized spacial score (nSPS) is 12.2. The number of alkyl halides is 3. The van der Waals surface area contributed by atoms with Crippen LogP contribution in [0.3, 0.4) is 0 Å². The number of benzene rings is 2. The van der Waals surface area contributed by atoms with Crippen LogP contribution in [0, 0.1) is 12.7 Å². The number of aromatic amines is 1. The van der Waals surface area contributed by atoms with E-state index in [4.69, 9.17) is 0 Å². The molecular formula is C25H21F4N3O4S. The molecule has 2 aromatic carbocycles. The van der Waals surface area contributed by atoms with E-state index in [9.17, 15) is 35.6 Å².